The van der Waals surface area contributed by atoms with Crippen molar-refractivity contribution in [2.45, 2.75) is 39.8 Å². The first-order valence-corrected chi connectivity index (χ1v) is 8.01. The van der Waals surface area contributed by atoms with E-state index in [2.05, 4.69) is 25.2 Å². The molecule has 1 aromatic heterocycles. The number of nitro benzene ring substituents is 1. The third-order valence-electron chi connectivity index (χ3n) is 3.60. The van der Waals surface area contributed by atoms with Gasteiger partial charge in [0.1, 0.15) is 5.69 Å². The van der Waals surface area contributed by atoms with Crippen LogP contribution in [0, 0.1) is 17.0 Å². The fraction of sp³-hybridized carbons (Fsp3) is 0.375. The molecule has 0 saturated heterocycles. The van der Waals surface area contributed by atoms with Crippen LogP contribution in [0.3, 0.4) is 0 Å². The molecule has 0 bridgehead atoms. The third-order valence-corrected chi connectivity index (χ3v) is 5.16. The van der Waals surface area contributed by atoms with E-state index < -0.39 is 4.92 Å². The molecule has 2 aromatic rings. The zero-order chi connectivity index (χ0) is 16.3. The highest BCUT2D eigenvalue weighted by molar-refractivity contribution is 7.12. The molecule has 1 heterocycles. The number of nitro groups is 1. The zero-order valence-electron chi connectivity index (χ0n) is 12.9. The number of aliphatic hydroxyl groups excluding tert-OH is 1. The lowest BCUT2D eigenvalue weighted by Gasteiger charge is -2.14. The van der Waals surface area contributed by atoms with Gasteiger partial charge in [0, 0.05) is 15.8 Å². The second-order valence-electron chi connectivity index (χ2n) is 5.24. The Balaban J connectivity index is 2.29. The lowest BCUT2D eigenvalue weighted by molar-refractivity contribution is -0.384. The van der Waals surface area contributed by atoms with Gasteiger partial charge >= 0.3 is 0 Å². The van der Waals surface area contributed by atoms with Crippen LogP contribution in [0.15, 0.2) is 24.3 Å². The largest absolute Gasteiger partial charge is 0.392 e. The van der Waals surface area contributed by atoms with Gasteiger partial charge < -0.3 is 10.4 Å². The predicted octanol–water partition coefficient (Wildman–Crippen LogP) is 4.19. The third kappa shape index (κ3) is 3.45. The minimum atomic E-state index is -0.409. The summed E-state index contributed by atoms with van der Waals surface area (Å²) < 4.78 is 0. The minimum absolute atomic E-state index is 0.0213. The van der Waals surface area contributed by atoms with Crippen LogP contribution in [0.4, 0.5) is 11.4 Å². The number of anilines is 1. The number of rotatable bonds is 6. The van der Waals surface area contributed by atoms with Gasteiger partial charge in [0.15, 0.2) is 0 Å². The van der Waals surface area contributed by atoms with Crippen molar-refractivity contribution in [3.8, 4) is 0 Å². The number of hydrogen-bond donors (Lipinski definition) is 2. The van der Waals surface area contributed by atoms with E-state index in [4.69, 9.17) is 0 Å². The number of aliphatic hydroxyl groups is 1. The van der Waals surface area contributed by atoms with E-state index in [1.54, 1.807) is 23.5 Å². The molecule has 0 aliphatic rings. The Hall–Kier alpha value is -1.92. The first-order chi connectivity index (χ1) is 10.5. The number of aryl methyl sites for hydroxylation is 2. The summed E-state index contributed by atoms with van der Waals surface area (Å²) in [7, 11) is 0. The van der Waals surface area contributed by atoms with Crippen molar-refractivity contribution < 1.29 is 10.0 Å². The Bertz CT molecular complexity index is 682. The maximum absolute atomic E-state index is 11.1. The number of hydrogen-bond acceptors (Lipinski definition) is 5. The van der Waals surface area contributed by atoms with E-state index >= 15 is 0 Å². The van der Waals surface area contributed by atoms with Gasteiger partial charge in [-0.2, -0.15) is 0 Å². The average Bonchev–Trinajstić information content (AvgIpc) is 2.88. The lowest BCUT2D eigenvalue weighted by Crippen LogP contribution is -2.07. The Morgan fingerprint density at radius 3 is 2.68 bits per heavy atom. The number of nitrogens with one attached hydrogen (secondary N) is 1. The first kappa shape index (κ1) is 16.5. The molecule has 0 amide bonds. The molecule has 6 heteroatoms. The van der Waals surface area contributed by atoms with Crippen LogP contribution < -0.4 is 5.32 Å². The van der Waals surface area contributed by atoms with Crippen molar-refractivity contribution in [1.29, 1.82) is 0 Å². The molecule has 2 N–H and O–H groups in total. The maximum Gasteiger partial charge on any atom is 0.292 e. The van der Waals surface area contributed by atoms with Crippen molar-refractivity contribution in [3.05, 3.63) is 55.3 Å². The summed E-state index contributed by atoms with van der Waals surface area (Å²) in [5.41, 5.74) is 2.37. The smallest absolute Gasteiger partial charge is 0.292 e. The standard InChI is InChI=1S/C16H20N2O3S/c1-4-15-10(2)7-16(22-15)11(3)17-13-8-12(9-19)5-6-14(13)18(20)21/h5-8,11,17,19H,4,9H2,1-3H3. The lowest BCUT2D eigenvalue weighted by atomic mass is 10.1. The van der Waals surface area contributed by atoms with Gasteiger partial charge in [0.25, 0.3) is 5.69 Å². The van der Waals surface area contributed by atoms with Crippen LogP contribution in [0.2, 0.25) is 0 Å². The Morgan fingerprint density at radius 2 is 2.14 bits per heavy atom. The molecule has 0 saturated carbocycles. The quantitative estimate of drug-likeness (QED) is 0.618. The van der Waals surface area contributed by atoms with Crippen molar-refractivity contribution in [2.24, 2.45) is 0 Å². The van der Waals surface area contributed by atoms with Crippen LogP contribution in [0.1, 0.15) is 40.8 Å². The van der Waals surface area contributed by atoms with Crippen LogP contribution in [-0.4, -0.2) is 10.0 Å². The van der Waals surface area contributed by atoms with Gasteiger partial charge in [-0.25, -0.2) is 0 Å². The normalized spacial score (nSPS) is 12.2. The molecule has 1 atom stereocenters. The van der Waals surface area contributed by atoms with Gasteiger partial charge in [0.05, 0.1) is 17.6 Å². The first-order valence-electron chi connectivity index (χ1n) is 7.20. The summed E-state index contributed by atoms with van der Waals surface area (Å²) in [5, 5.41) is 23.6. The Labute approximate surface area is 133 Å². The summed E-state index contributed by atoms with van der Waals surface area (Å²) in [4.78, 5) is 13.2. The second kappa shape index (κ2) is 6.89. The molecule has 22 heavy (non-hydrogen) atoms. The van der Waals surface area contributed by atoms with Gasteiger partial charge in [-0.1, -0.05) is 6.92 Å². The molecule has 118 valence electrons. The van der Waals surface area contributed by atoms with Crippen LogP contribution >= 0.6 is 11.3 Å². The van der Waals surface area contributed by atoms with Crippen LogP contribution in [-0.2, 0) is 13.0 Å². The van der Waals surface area contributed by atoms with Crippen molar-refractivity contribution in [3.63, 3.8) is 0 Å². The second-order valence-corrected chi connectivity index (χ2v) is 6.41. The molecule has 0 aliphatic heterocycles. The highest BCUT2D eigenvalue weighted by atomic mass is 32.1. The molecule has 0 radical (unpaired) electrons. The van der Waals surface area contributed by atoms with E-state index in [1.807, 2.05) is 6.92 Å². The van der Waals surface area contributed by atoms with E-state index in [0.717, 1.165) is 11.3 Å². The predicted molar refractivity (Wildman–Crippen MR) is 89.5 cm³/mol. The molecule has 1 aromatic carbocycles. The van der Waals surface area contributed by atoms with Crippen molar-refractivity contribution in [1.82, 2.24) is 0 Å². The highest BCUT2D eigenvalue weighted by Gasteiger charge is 2.18. The minimum Gasteiger partial charge on any atom is -0.392 e. The average molecular weight is 320 g/mol. The van der Waals surface area contributed by atoms with Crippen LogP contribution in [0.25, 0.3) is 0 Å². The van der Waals surface area contributed by atoms with Gasteiger partial charge in [-0.15, -0.1) is 11.3 Å². The summed E-state index contributed by atoms with van der Waals surface area (Å²) in [6, 6.07) is 6.73. The monoisotopic (exact) mass is 320 g/mol. The topological polar surface area (TPSA) is 75.4 Å². The summed E-state index contributed by atoms with van der Waals surface area (Å²) in [6.45, 7) is 6.05. The SMILES string of the molecule is CCc1sc(C(C)Nc2cc(CO)ccc2[N+](=O)[O-])cc1C. The summed E-state index contributed by atoms with van der Waals surface area (Å²) >= 11 is 1.73. The number of benzene rings is 1. The van der Waals surface area contributed by atoms with Crippen molar-refractivity contribution >= 4 is 22.7 Å². The summed E-state index contributed by atoms with van der Waals surface area (Å²) in [5.74, 6) is 0. The Kier molecular flexibility index (Phi) is 5.15. The van der Waals surface area contributed by atoms with Gasteiger partial charge in [-0.3, -0.25) is 10.1 Å². The molecule has 2 rings (SSSR count). The molecular formula is C16H20N2O3S. The van der Waals surface area contributed by atoms with E-state index in [-0.39, 0.29) is 18.3 Å². The number of thiophene rings is 1. The molecule has 0 fully saturated rings. The van der Waals surface area contributed by atoms with Crippen molar-refractivity contribution in [2.75, 3.05) is 5.32 Å². The van der Waals surface area contributed by atoms with E-state index in [1.165, 1.54) is 16.5 Å². The molecule has 0 spiro atoms. The molecule has 0 aliphatic carbocycles. The van der Waals surface area contributed by atoms with Gasteiger partial charge in [-0.05, 0) is 49.6 Å². The molecule has 5 nitrogen and oxygen atoms in total. The van der Waals surface area contributed by atoms with E-state index in [0.29, 0.717) is 11.3 Å². The summed E-state index contributed by atoms with van der Waals surface area (Å²) in [6.07, 6.45) is 0.989. The van der Waals surface area contributed by atoms with Crippen LogP contribution in [0.5, 0.6) is 0 Å². The fourth-order valence-electron chi connectivity index (χ4n) is 2.37. The zero-order valence-corrected chi connectivity index (χ0v) is 13.7. The molecular weight excluding hydrogens is 300 g/mol. The fourth-order valence-corrected chi connectivity index (χ4v) is 3.49. The maximum atomic E-state index is 11.1. The van der Waals surface area contributed by atoms with Gasteiger partial charge in [0.2, 0.25) is 0 Å². The molecule has 1 unspecified atom stereocenters. The number of nitrogens with zero attached hydrogens (tertiary/aromatic N) is 1. The van der Waals surface area contributed by atoms with E-state index in [9.17, 15) is 15.2 Å². The Morgan fingerprint density at radius 1 is 1.41 bits per heavy atom. The highest BCUT2D eigenvalue weighted by Crippen LogP contribution is 2.33.